The van der Waals surface area contributed by atoms with Gasteiger partial charge >= 0.3 is 11.9 Å². The van der Waals surface area contributed by atoms with Crippen LogP contribution >= 0.6 is 0 Å². The second-order valence-corrected chi connectivity index (χ2v) is 14.3. The Morgan fingerprint density at radius 3 is 2.44 bits per heavy atom. The fourth-order valence-electron chi connectivity index (χ4n) is 10.1. The molecule has 5 aliphatic rings. The third kappa shape index (κ3) is 4.84. The van der Waals surface area contributed by atoms with Crippen molar-refractivity contribution in [2.24, 2.45) is 40.2 Å². The molecule has 11 atom stereocenters. The molecule has 1 aliphatic heterocycles. The van der Waals surface area contributed by atoms with Gasteiger partial charge in [0.1, 0.15) is 6.10 Å². The molecule has 7 heteroatoms. The molecular formula is C34H49NO6. The molecule has 41 heavy (non-hydrogen) atoms. The van der Waals surface area contributed by atoms with E-state index in [2.05, 4.69) is 13.8 Å². The summed E-state index contributed by atoms with van der Waals surface area (Å²) in [6.45, 7) is 6.77. The zero-order chi connectivity index (χ0) is 29.0. The lowest BCUT2D eigenvalue weighted by atomic mass is 9.42. The summed E-state index contributed by atoms with van der Waals surface area (Å²) in [4.78, 5) is 25.2. The molecule has 0 amide bonds. The van der Waals surface area contributed by atoms with E-state index in [9.17, 15) is 9.59 Å². The summed E-state index contributed by atoms with van der Waals surface area (Å²) in [5, 5.41) is 0. The minimum atomic E-state index is -0.298. The highest BCUT2D eigenvalue weighted by molar-refractivity contribution is 5.89. The lowest BCUT2D eigenvalue weighted by Gasteiger charge is -2.64. The Morgan fingerprint density at radius 2 is 1.71 bits per heavy atom. The Balaban J connectivity index is 1.05. The van der Waals surface area contributed by atoms with Gasteiger partial charge in [-0.25, -0.2) is 4.79 Å². The molecule has 2 N–H and O–H groups in total. The number of esters is 2. The number of fused-ring (bicyclic) bond motifs is 5. The molecule has 0 radical (unpaired) electrons. The van der Waals surface area contributed by atoms with Crippen LogP contribution in [0.25, 0.3) is 0 Å². The highest BCUT2D eigenvalue weighted by atomic mass is 16.7. The fraction of sp³-hybridized carbons (Fsp3) is 0.765. The number of ether oxygens (including phenoxy) is 4. The first-order valence-corrected chi connectivity index (χ1v) is 16.0. The van der Waals surface area contributed by atoms with Gasteiger partial charge in [-0.3, -0.25) is 4.79 Å². The predicted molar refractivity (Wildman–Crippen MR) is 155 cm³/mol. The van der Waals surface area contributed by atoms with Crippen LogP contribution in [0.5, 0.6) is 0 Å². The van der Waals surface area contributed by atoms with Gasteiger partial charge in [-0.05, 0) is 112 Å². The molecule has 6 rings (SSSR count). The van der Waals surface area contributed by atoms with E-state index in [1.807, 2.05) is 25.1 Å². The Bertz CT molecular complexity index is 1130. The van der Waals surface area contributed by atoms with Gasteiger partial charge in [-0.1, -0.05) is 32.0 Å². The zero-order valence-electron chi connectivity index (χ0n) is 25.3. The quantitative estimate of drug-likeness (QED) is 0.342. The van der Waals surface area contributed by atoms with Crippen LogP contribution in [-0.2, 0) is 23.7 Å². The lowest BCUT2D eigenvalue weighted by Crippen LogP contribution is -2.66. The van der Waals surface area contributed by atoms with E-state index in [0.717, 1.165) is 64.2 Å². The molecule has 226 valence electrons. The van der Waals surface area contributed by atoms with Crippen LogP contribution in [0.3, 0.4) is 0 Å². The lowest BCUT2D eigenvalue weighted by molar-refractivity contribution is -0.247. The molecule has 1 saturated heterocycles. The van der Waals surface area contributed by atoms with Gasteiger partial charge in [0.25, 0.3) is 0 Å². The van der Waals surface area contributed by atoms with Gasteiger partial charge in [0.15, 0.2) is 6.29 Å². The molecule has 1 aromatic carbocycles. The maximum atomic E-state index is 12.7. The van der Waals surface area contributed by atoms with Crippen LogP contribution in [-0.4, -0.2) is 49.2 Å². The largest absolute Gasteiger partial charge is 0.469 e. The number of hydrogen-bond acceptors (Lipinski definition) is 7. The number of carbonyl (C=O) groups is 2. The molecule has 4 aliphatic carbocycles. The summed E-state index contributed by atoms with van der Waals surface area (Å²) in [6.07, 6.45) is 10.5. The number of rotatable bonds is 5. The van der Waals surface area contributed by atoms with Crippen LogP contribution in [0.1, 0.15) is 102 Å². The van der Waals surface area contributed by atoms with Crippen LogP contribution in [0.15, 0.2) is 30.3 Å². The third-order valence-corrected chi connectivity index (χ3v) is 12.6. The topological polar surface area (TPSA) is 97.1 Å². The van der Waals surface area contributed by atoms with Crippen molar-refractivity contribution in [1.29, 1.82) is 0 Å². The van der Waals surface area contributed by atoms with E-state index in [4.69, 9.17) is 24.7 Å². The van der Waals surface area contributed by atoms with E-state index < -0.39 is 0 Å². The van der Waals surface area contributed by atoms with Gasteiger partial charge in [0.05, 0.1) is 30.8 Å². The maximum absolute atomic E-state index is 12.7. The maximum Gasteiger partial charge on any atom is 0.338 e. The zero-order valence-corrected chi connectivity index (χ0v) is 25.3. The van der Waals surface area contributed by atoms with Gasteiger partial charge in [-0.2, -0.15) is 0 Å². The summed E-state index contributed by atoms with van der Waals surface area (Å²) in [7, 11) is 1.51. The smallest absolute Gasteiger partial charge is 0.338 e. The number of carbonyl (C=O) groups excluding carboxylic acids is 2. The molecule has 5 fully saturated rings. The number of benzene rings is 1. The molecule has 0 spiro atoms. The Labute approximate surface area is 245 Å². The van der Waals surface area contributed by atoms with E-state index in [-0.39, 0.29) is 58.8 Å². The van der Waals surface area contributed by atoms with Crippen molar-refractivity contribution in [1.82, 2.24) is 0 Å². The van der Waals surface area contributed by atoms with Gasteiger partial charge < -0.3 is 24.7 Å². The van der Waals surface area contributed by atoms with E-state index in [1.165, 1.54) is 13.5 Å². The minimum Gasteiger partial charge on any atom is -0.469 e. The van der Waals surface area contributed by atoms with Gasteiger partial charge in [0.2, 0.25) is 0 Å². The Hall–Kier alpha value is -1.96. The van der Waals surface area contributed by atoms with Crippen molar-refractivity contribution in [2.75, 3.05) is 7.11 Å². The molecule has 1 heterocycles. The summed E-state index contributed by atoms with van der Waals surface area (Å²) < 4.78 is 23.8. The van der Waals surface area contributed by atoms with Crippen molar-refractivity contribution >= 4 is 11.9 Å². The fourth-order valence-corrected chi connectivity index (χ4v) is 10.1. The predicted octanol–water partition coefficient (Wildman–Crippen LogP) is 6.04. The highest BCUT2D eigenvalue weighted by Gasteiger charge is 2.67. The first-order valence-electron chi connectivity index (χ1n) is 16.0. The van der Waals surface area contributed by atoms with Crippen molar-refractivity contribution in [2.45, 2.75) is 122 Å². The van der Waals surface area contributed by atoms with Crippen LogP contribution in [0, 0.1) is 34.5 Å². The second-order valence-electron chi connectivity index (χ2n) is 14.3. The Kier molecular flexibility index (Phi) is 7.78. The highest BCUT2D eigenvalue weighted by Crippen LogP contribution is 2.68. The van der Waals surface area contributed by atoms with Gasteiger partial charge in [0, 0.05) is 12.0 Å². The monoisotopic (exact) mass is 567 g/mol. The average molecular weight is 568 g/mol. The van der Waals surface area contributed by atoms with Crippen LogP contribution in [0.4, 0.5) is 0 Å². The van der Waals surface area contributed by atoms with Crippen molar-refractivity contribution in [3.05, 3.63) is 35.9 Å². The minimum absolute atomic E-state index is 0.0734. The number of hydrogen-bond donors (Lipinski definition) is 1. The van der Waals surface area contributed by atoms with E-state index >= 15 is 0 Å². The first-order chi connectivity index (χ1) is 19.6. The average Bonchev–Trinajstić information content (AvgIpc) is 3.25. The first kappa shape index (κ1) is 29.1. The molecule has 4 saturated carbocycles. The number of methoxy groups -OCH3 is 1. The second kappa shape index (κ2) is 10.9. The van der Waals surface area contributed by atoms with Crippen molar-refractivity contribution < 1.29 is 28.5 Å². The summed E-state index contributed by atoms with van der Waals surface area (Å²) >= 11 is 0. The summed E-state index contributed by atoms with van der Waals surface area (Å²) in [5.74, 6) is 1.24. The molecule has 0 unspecified atom stereocenters. The normalized spacial score (nSPS) is 45.6. The standard InChI is InChI=1S/C34H49NO6/c1-21-28(41-30(36)22-8-6-5-7-9-22)12-13-29(39-21)40-24-14-17-32(2)23(20-24)10-11-26-25(32)15-18-33(3)27(31(37)38-4)16-19-34(26,33)35/h5-9,21,23-29H,10-20,35H2,1-4H3/t21-,23+,24-,25-,26+,27+,28+,29-,32-,33+,34-/m0/s1. The molecule has 7 nitrogen and oxygen atoms in total. The van der Waals surface area contributed by atoms with Gasteiger partial charge in [-0.15, -0.1) is 0 Å². The van der Waals surface area contributed by atoms with Crippen molar-refractivity contribution in [3.63, 3.8) is 0 Å². The summed E-state index contributed by atoms with van der Waals surface area (Å²) in [6, 6.07) is 9.13. The SMILES string of the molecule is COC(=O)[C@H]1CC[C@]2(N)[C@@H]3CC[C@@H]4C[C@@H](O[C@H]5CC[C@@H](OC(=O)c6ccccc6)[C@H](C)O5)CC[C@]4(C)[C@H]3CC[C@]12C. The number of nitrogens with two attached hydrogens (primary N) is 1. The van der Waals surface area contributed by atoms with E-state index in [1.54, 1.807) is 12.1 Å². The molecular weight excluding hydrogens is 518 g/mol. The van der Waals surface area contributed by atoms with Crippen molar-refractivity contribution in [3.8, 4) is 0 Å². The third-order valence-electron chi connectivity index (χ3n) is 12.6. The van der Waals surface area contributed by atoms with Crippen LogP contribution in [0.2, 0.25) is 0 Å². The summed E-state index contributed by atoms with van der Waals surface area (Å²) in [5.41, 5.74) is 7.74. The molecule has 0 bridgehead atoms. The molecule has 0 aromatic heterocycles. The molecule has 1 aromatic rings. The van der Waals surface area contributed by atoms with E-state index in [0.29, 0.717) is 23.3 Å². The Morgan fingerprint density at radius 1 is 0.927 bits per heavy atom. The van der Waals surface area contributed by atoms with Crippen LogP contribution < -0.4 is 5.73 Å².